The first-order valence-electron chi connectivity index (χ1n) is 7.01. The quantitative estimate of drug-likeness (QED) is 0.891. The lowest BCUT2D eigenvalue weighted by molar-refractivity contribution is -0.116. The third-order valence-electron chi connectivity index (χ3n) is 4.02. The topological polar surface area (TPSA) is 67.0 Å². The number of carbonyl (C=O) groups excluding carboxylic acids is 1. The van der Waals surface area contributed by atoms with E-state index in [2.05, 4.69) is 34.6 Å². The molecular weight excluding hydrogens is 266 g/mol. The monoisotopic (exact) mass is 285 g/mol. The number of anilines is 1. The molecule has 1 aromatic heterocycles. The minimum Gasteiger partial charge on any atom is -0.496 e. The highest BCUT2D eigenvalue weighted by atomic mass is 16.5. The summed E-state index contributed by atoms with van der Waals surface area (Å²) < 4.78 is 5.59. The van der Waals surface area contributed by atoms with Gasteiger partial charge in [0, 0.05) is 29.2 Å². The second-order valence-corrected chi connectivity index (χ2v) is 5.62. The lowest BCUT2D eigenvalue weighted by Gasteiger charge is -2.25. The average Bonchev–Trinajstić information content (AvgIpc) is 2.78. The number of amides is 1. The van der Waals surface area contributed by atoms with Gasteiger partial charge in [-0.3, -0.25) is 9.89 Å². The fourth-order valence-corrected chi connectivity index (χ4v) is 3.22. The van der Waals surface area contributed by atoms with Crippen LogP contribution >= 0.6 is 0 Å². The van der Waals surface area contributed by atoms with Gasteiger partial charge in [-0.25, -0.2) is 0 Å². The molecule has 1 unspecified atom stereocenters. The van der Waals surface area contributed by atoms with Gasteiger partial charge < -0.3 is 10.1 Å². The van der Waals surface area contributed by atoms with Crippen molar-refractivity contribution in [1.82, 2.24) is 10.2 Å². The Hall–Kier alpha value is -2.30. The molecule has 1 aliphatic rings. The number of aryl methyl sites for hydroxylation is 3. The highest BCUT2D eigenvalue weighted by Crippen LogP contribution is 2.42. The smallest absolute Gasteiger partial charge is 0.226 e. The van der Waals surface area contributed by atoms with Gasteiger partial charge >= 0.3 is 0 Å². The molecule has 0 bridgehead atoms. The maximum Gasteiger partial charge on any atom is 0.226 e. The molecule has 21 heavy (non-hydrogen) atoms. The van der Waals surface area contributed by atoms with Crippen LogP contribution in [0.1, 0.15) is 40.3 Å². The first-order valence-corrected chi connectivity index (χ1v) is 7.01. The normalized spacial score (nSPS) is 17.3. The molecule has 1 aliphatic heterocycles. The Morgan fingerprint density at radius 1 is 1.29 bits per heavy atom. The Labute approximate surface area is 123 Å². The van der Waals surface area contributed by atoms with Crippen molar-refractivity contribution in [2.45, 2.75) is 33.1 Å². The largest absolute Gasteiger partial charge is 0.496 e. The molecule has 2 N–H and O–H groups in total. The van der Waals surface area contributed by atoms with Crippen LogP contribution in [0.25, 0.3) is 0 Å². The molecule has 5 heteroatoms. The van der Waals surface area contributed by atoms with E-state index in [1.54, 1.807) is 7.11 Å². The van der Waals surface area contributed by atoms with Gasteiger partial charge in [0.1, 0.15) is 5.75 Å². The fraction of sp³-hybridized carbons (Fsp3) is 0.375. The van der Waals surface area contributed by atoms with E-state index in [1.165, 1.54) is 0 Å². The van der Waals surface area contributed by atoms with Gasteiger partial charge in [0.2, 0.25) is 5.91 Å². The Morgan fingerprint density at radius 3 is 2.76 bits per heavy atom. The fourth-order valence-electron chi connectivity index (χ4n) is 3.22. The van der Waals surface area contributed by atoms with Gasteiger partial charge in [-0.05, 0) is 26.3 Å². The molecule has 2 heterocycles. The third kappa shape index (κ3) is 2.18. The molecule has 5 nitrogen and oxygen atoms in total. The third-order valence-corrected chi connectivity index (χ3v) is 4.02. The Balaban J connectivity index is 2.21. The molecule has 1 amide bonds. The van der Waals surface area contributed by atoms with Gasteiger partial charge in [0.25, 0.3) is 0 Å². The zero-order valence-electron chi connectivity index (χ0n) is 12.7. The molecule has 2 aromatic rings. The number of hydrogen-bond donors (Lipinski definition) is 2. The van der Waals surface area contributed by atoms with Crippen molar-refractivity contribution >= 4 is 11.7 Å². The number of rotatable bonds is 2. The van der Waals surface area contributed by atoms with Crippen molar-refractivity contribution in [2.24, 2.45) is 0 Å². The average molecular weight is 285 g/mol. The van der Waals surface area contributed by atoms with Crippen LogP contribution in [-0.4, -0.2) is 23.2 Å². The van der Waals surface area contributed by atoms with Crippen molar-refractivity contribution < 1.29 is 9.53 Å². The first-order chi connectivity index (χ1) is 10.0. The second kappa shape index (κ2) is 4.91. The second-order valence-electron chi connectivity index (χ2n) is 5.62. The molecule has 0 saturated heterocycles. The van der Waals surface area contributed by atoms with Crippen LogP contribution in [-0.2, 0) is 4.79 Å². The number of hydrogen-bond acceptors (Lipinski definition) is 3. The van der Waals surface area contributed by atoms with E-state index >= 15 is 0 Å². The molecule has 1 atom stereocenters. The summed E-state index contributed by atoms with van der Waals surface area (Å²) in [6.07, 6.45) is 0.409. The molecule has 0 fully saturated rings. The van der Waals surface area contributed by atoms with Gasteiger partial charge in [-0.2, -0.15) is 5.10 Å². The van der Waals surface area contributed by atoms with Crippen LogP contribution in [0.3, 0.4) is 0 Å². The Morgan fingerprint density at radius 2 is 2.05 bits per heavy atom. The van der Waals surface area contributed by atoms with Crippen LogP contribution in [0.2, 0.25) is 0 Å². The van der Waals surface area contributed by atoms with E-state index in [1.807, 2.05) is 13.8 Å². The number of aromatic nitrogens is 2. The summed E-state index contributed by atoms with van der Waals surface area (Å²) in [5, 5.41) is 9.97. The summed E-state index contributed by atoms with van der Waals surface area (Å²) in [6.45, 7) is 6.06. The molecule has 3 rings (SSSR count). The van der Waals surface area contributed by atoms with Gasteiger partial charge in [0.05, 0.1) is 7.11 Å². The number of fused-ring (bicyclic) bond motifs is 1. The highest BCUT2D eigenvalue weighted by Gasteiger charge is 2.32. The summed E-state index contributed by atoms with van der Waals surface area (Å²) in [7, 11) is 1.67. The van der Waals surface area contributed by atoms with Crippen LogP contribution in [0.15, 0.2) is 12.1 Å². The number of benzene rings is 1. The number of carbonyl (C=O) groups is 1. The van der Waals surface area contributed by atoms with E-state index in [4.69, 9.17) is 4.74 Å². The standard InChI is InChI=1S/C16H19N3O2/c1-8-5-9(2)15(21-4)12(6-8)11-7-13(20)17-16-14(11)10(3)18-19-16/h5-6,11H,7H2,1-4H3,(H2,17,18,19,20). The number of methoxy groups -OCH3 is 1. The molecule has 0 spiro atoms. The van der Waals surface area contributed by atoms with Gasteiger partial charge in [-0.15, -0.1) is 0 Å². The predicted molar refractivity (Wildman–Crippen MR) is 80.9 cm³/mol. The maximum atomic E-state index is 12.0. The maximum absolute atomic E-state index is 12.0. The molecule has 0 saturated carbocycles. The summed E-state index contributed by atoms with van der Waals surface area (Å²) >= 11 is 0. The molecule has 1 aromatic carbocycles. The van der Waals surface area contributed by atoms with E-state index in [9.17, 15) is 4.79 Å². The molecule has 0 radical (unpaired) electrons. The Kier molecular flexibility index (Phi) is 3.20. The first kappa shape index (κ1) is 13.7. The van der Waals surface area contributed by atoms with E-state index in [-0.39, 0.29) is 11.8 Å². The van der Waals surface area contributed by atoms with E-state index in [0.717, 1.165) is 33.7 Å². The lowest BCUT2D eigenvalue weighted by atomic mass is 9.84. The summed E-state index contributed by atoms with van der Waals surface area (Å²) in [4.78, 5) is 12.0. The number of aromatic amines is 1. The van der Waals surface area contributed by atoms with E-state index < -0.39 is 0 Å². The number of nitrogens with zero attached hydrogens (tertiary/aromatic N) is 1. The summed E-state index contributed by atoms with van der Waals surface area (Å²) in [6, 6.07) is 4.19. The van der Waals surface area contributed by atoms with E-state index in [0.29, 0.717) is 12.2 Å². The minimum absolute atomic E-state index is 0.0137. The highest BCUT2D eigenvalue weighted by molar-refractivity contribution is 5.94. The van der Waals surface area contributed by atoms with Crippen molar-refractivity contribution in [3.05, 3.63) is 40.1 Å². The van der Waals surface area contributed by atoms with Crippen molar-refractivity contribution in [1.29, 1.82) is 0 Å². The summed E-state index contributed by atoms with van der Waals surface area (Å²) in [5.41, 5.74) is 5.34. The van der Waals surface area contributed by atoms with Crippen LogP contribution in [0, 0.1) is 20.8 Å². The molecular formula is C16H19N3O2. The van der Waals surface area contributed by atoms with Crippen LogP contribution < -0.4 is 10.1 Å². The minimum atomic E-state index is -0.0268. The van der Waals surface area contributed by atoms with Crippen LogP contribution in [0.5, 0.6) is 5.75 Å². The Bertz CT molecular complexity index is 719. The molecule has 0 aliphatic carbocycles. The van der Waals surface area contributed by atoms with Crippen molar-refractivity contribution in [3.63, 3.8) is 0 Å². The lowest BCUT2D eigenvalue weighted by Crippen LogP contribution is -2.24. The van der Waals surface area contributed by atoms with Gasteiger partial charge in [0.15, 0.2) is 5.82 Å². The van der Waals surface area contributed by atoms with Gasteiger partial charge in [-0.1, -0.05) is 17.7 Å². The number of H-pyrrole nitrogens is 1. The zero-order valence-corrected chi connectivity index (χ0v) is 12.7. The van der Waals surface area contributed by atoms with Crippen LogP contribution in [0.4, 0.5) is 5.82 Å². The SMILES string of the molecule is COc1c(C)cc(C)cc1C1CC(=O)Nc2n[nH]c(C)c21. The number of nitrogens with one attached hydrogen (secondary N) is 2. The van der Waals surface area contributed by atoms with Crippen molar-refractivity contribution in [2.75, 3.05) is 12.4 Å². The predicted octanol–water partition coefficient (Wildman–Crippen LogP) is 2.82. The molecule has 110 valence electrons. The summed E-state index contributed by atoms with van der Waals surface area (Å²) in [5.74, 6) is 1.45. The zero-order chi connectivity index (χ0) is 15.1. The number of ether oxygens (including phenoxy) is 1. The van der Waals surface area contributed by atoms with Crippen molar-refractivity contribution in [3.8, 4) is 5.75 Å².